The summed E-state index contributed by atoms with van der Waals surface area (Å²) in [6.45, 7) is -0.275. The number of nitrogens with two attached hydrogens (primary N) is 1. The number of aliphatic carboxylic acids is 1. The summed E-state index contributed by atoms with van der Waals surface area (Å²) < 4.78 is 37.6. The van der Waals surface area contributed by atoms with Crippen molar-refractivity contribution in [2.45, 2.75) is 12.2 Å². The third-order valence-corrected chi connectivity index (χ3v) is 2.06. The molecule has 94 valence electrons. The number of anilines is 1. The SMILES string of the molecule is NC(CNc1ccccc1C(F)(F)F)C(=O)O. The molecule has 0 aliphatic rings. The van der Waals surface area contributed by atoms with E-state index in [1.54, 1.807) is 0 Å². The van der Waals surface area contributed by atoms with Crippen molar-refractivity contribution in [1.82, 2.24) is 0 Å². The molecule has 7 heteroatoms. The van der Waals surface area contributed by atoms with Gasteiger partial charge in [-0.25, -0.2) is 0 Å². The molecule has 0 aliphatic carbocycles. The topological polar surface area (TPSA) is 75.3 Å². The number of halogens is 3. The van der Waals surface area contributed by atoms with Crippen molar-refractivity contribution in [3.05, 3.63) is 29.8 Å². The van der Waals surface area contributed by atoms with Gasteiger partial charge in [-0.2, -0.15) is 13.2 Å². The molecule has 0 saturated carbocycles. The largest absolute Gasteiger partial charge is 0.480 e. The molecule has 0 aliphatic heterocycles. The third-order valence-electron chi connectivity index (χ3n) is 2.06. The van der Waals surface area contributed by atoms with Gasteiger partial charge in [0.1, 0.15) is 6.04 Å². The van der Waals surface area contributed by atoms with E-state index in [0.717, 1.165) is 6.07 Å². The van der Waals surface area contributed by atoms with E-state index in [1.165, 1.54) is 18.2 Å². The number of hydrogen-bond acceptors (Lipinski definition) is 3. The van der Waals surface area contributed by atoms with Gasteiger partial charge in [-0.3, -0.25) is 4.79 Å². The lowest BCUT2D eigenvalue weighted by molar-refractivity contribution is -0.138. The molecule has 0 fully saturated rings. The number of nitrogens with one attached hydrogen (secondary N) is 1. The van der Waals surface area contributed by atoms with Crippen LogP contribution in [0, 0.1) is 0 Å². The second-order valence-corrected chi connectivity index (χ2v) is 3.37. The molecule has 0 spiro atoms. The first-order valence-corrected chi connectivity index (χ1v) is 4.71. The number of rotatable bonds is 4. The summed E-state index contributed by atoms with van der Waals surface area (Å²) in [5.74, 6) is -1.28. The number of carbonyl (C=O) groups is 1. The molecule has 4 N–H and O–H groups in total. The number of carboxylic acids is 1. The summed E-state index contributed by atoms with van der Waals surface area (Å²) in [6.07, 6.45) is -4.49. The number of alkyl halides is 3. The van der Waals surface area contributed by atoms with Crippen LogP contribution in [0.4, 0.5) is 18.9 Å². The fourth-order valence-corrected chi connectivity index (χ4v) is 1.19. The van der Waals surface area contributed by atoms with Crippen LogP contribution in [0.15, 0.2) is 24.3 Å². The first-order chi connectivity index (χ1) is 7.82. The van der Waals surface area contributed by atoms with Gasteiger partial charge in [-0.1, -0.05) is 12.1 Å². The van der Waals surface area contributed by atoms with E-state index in [4.69, 9.17) is 10.8 Å². The maximum Gasteiger partial charge on any atom is 0.418 e. The molecule has 1 unspecified atom stereocenters. The van der Waals surface area contributed by atoms with Crippen molar-refractivity contribution in [3.8, 4) is 0 Å². The number of benzene rings is 1. The molecule has 1 atom stereocenters. The molecule has 4 nitrogen and oxygen atoms in total. The minimum Gasteiger partial charge on any atom is -0.480 e. The first-order valence-electron chi connectivity index (χ1n) is 4.71. The molecule has 0 heterocycles. The van der Waals surface area contributed by atoms with Gasteiger partial charge >= 0.3 is 12.1 Å². The smallest absolute Gasteiger partial charge is 0.418 e. The van der Waals surface area contributed by atoms with Crippen LogP contribution in [-0.4, -0.2) is 23.7 Å². The predicted molar refractivity (Wildman–Crippen MR) is 55.5 cm³/mol. The Labute approximate surface area is 95.2 Å². The highest BCUT2D eigenvalue weighted by Gasteiger charge is 2.33. The van der Waals surface area contributed by atoms with Crippen LogP contribution >= 0.6 is 0 Å². The molecule has 0 aromatic heterocycles. The Morgan fingerprint density at radius 1 is 1.41 bits per heavy atom. The van der Waals surface area contributed by atoms with Crippen LogP contribution in [0.3, 0.4) is 0 Å². The zero-order valence-electron chi connectivity index (χ0n) is 8.66. The van der Waals surface area contributed by atoms with E-state index in [-0.39, 0.29) is 12.2 Å². The highest BCUT2D eigenvalue weighted by atomic mass is 19.4. The minimum absolute atomic E-state index is 0.184. The van der Waals surface area contributed by atoms with E-state index in [2.05, 4.69) is 5.32 Å². The standard InChI is InChI=1S/C10H11F3N2O2/c11-10(12,13)6-3-1-2-4-8(6)15-5-7(14)9(16)17/h1-4,7,15H,5,14H2,(H,16,17). The van der Waals surface area contributed by atoms with Gasteiger partial charge < -0.3 is 16.2 Å². The van der Waals surface area contributed by atoms with Crippen molar-refractivity contribution < 1.29 is 23.1 Å². The van der Waals surface area contributed by atoms with Crippen LogP contribution in [0.5, 0.6) is 0 Å². The maximum atomic E-state index is 12.5. The summed E-state index contributed by atoms with van der Waals surface area (Å²) in [6, 6.07) is 3.55. The Morgan fingerprint density at radius 2 is 2.00 bits per heavy atom. The van der Waals surface area contributed by atoms with Crippen molar-refractivity contribution in [3.63, 3.8) is 0 Å². The van der Waals surface area contributed by atoms with Gasteiger partial charge in [-0.05, 0) is 12.1 Å². The summed E-state index contributed by atoms with van der Waals surface area (Å²) in [5, 5.41) is 10.9. The number of para-hydroxylation sites is 1. The zero-order chi connectivity index (χ0) is 13.1. The van der Waals surface area contributed by atoms with Crippen LogP contribution in [0.2, 0.25) is 0 Å². The second kappa shape index (κ2) is 5.05. The Balaban J connectivity index is 2.81. The molecule has 0 radical (unpaired) electrons. The maximum absolute atomic E-state index is 12.5. The van der Waals surface area contributed by atoms with Gasteiger partial charge in [0.15, 0.2) is 0 Å². The lowest BCUT2D eigenvalue weighted by atomic mass is 10.1. The van der Waals surface area contributed by atoms with Crippen LogP contribution < -0.4 is 11.1 Å². The molecule has 0 saturated heterocycles. The van der Waals surface area contributed by atoms with Gasteiger partial charge in [0, 0.05) is 12.2 Å². The molecular weight excluding hydrogens is 237 g/mol. The fraction of sp³-hybridized carbons (Fsp3) is 0.300. The Morgan fingerprint density at radius 3 is 2.53 bits per heavy atom. The van der Waals surface area contributed by atoms with E-state index < -0.39 is 23.8 Å². The summed E-state index contributed by atoms with van der Waals surface area (Å²) in [7, 11) is 0. The molecule has 0 bridgehead atoms. The molecular formula is C10H11F3N2O2. The van der Waals surface area contributed by atoms with E-state index >= 15 is 0 Å². The number of hydrogen-bond donors (Lipinski definition) is 3. The normalized spacial score (nSPS) is 13.2. The summed E-state index contributed by atoms with van der Waals surface area (Å²) in [5.41, 5.74) is 4.15. The molecule has 17 heavy (non-hydrogen) atoms. The van der Waals surface area contributed by atoms with E-state index in [9.17, 15) is 18.0 Å². The van der Waals surface area contributed by atoms with E-state index in [0.29, 0.717) is 0 Å². The Kier molecular flexibility index (Phi) is 3.95. The zero-order valence-corrected chi connectivity index (χ0v) is 8.66. The van der Waals surface area contributed by atoms with E-state index in [1.807, 2.05) is 0 Å². The average molecular weight is 248 g/mol. The molecule has 0 amide bonds. The molecule has 1 aromatic rings. The highest BCUT2D eigenvalue weighted by molar-refractivity contribution is 5.74. The van der Waals surface area contributed by atoms with Gasteiger partial charge in [0.05, 0.1) is 5.56 Å². The Hall–Kier alpha value is -1.76. The highest BCUT2D eigenvalue weighted by Crippen LogP contribution is 2.34. The van der Waals surface area contributed by atoms with Crippen molar-refractivity contribution in [2.75, 3.05) is 11.9 Å². The van der Waals surface area contributed by atoms with Gasteiger partial charge in [-0.15, -0.1) is 0 Å². The lowest BCUT2D eigenvalue weighted by Gasteiger charge is -2.15. The van der Waals surface area contributed by atoms with Gasteiger partial charge in [0.2, 0.25) is 0 Å². The minimum atomic E-state index is -4.49. The second-order valence-electron chi connectivity index (χ2n) is 3.37. The first kappa shape index (κ1) is 13.3. The summed E-state index contributed by atoms with van der Waals surface area (Å²) in [4.78, 5) is 10.4. The molecule has 1 aromatic carbocycles. The van der Waals surface area contributed by atoms with Crippen molar-refractivity contribution >= 4 is 11.7 Å². The third kappa shape index (κ3) is 3.63. The molecule has 1 rings (SSSR count). The van der Waals surface area contributed by atoms with Crippen LogP contribution in [0.1, 0.15) is 5.56 Å². The summed E-state index contributed by atoms with van der Waals surface area (Å²) >= 11 is 0. The number of carboxylic acid groups (broad SMARTS) is 1. The van der Waals surface area contributed by atoms with Crippen LogP contribution in [-0.2, 0) is 11.0 Å². The fourth-order valence-electron chi connectivity index (χ4n) is 1.19. The average Bonchev–Trinajstić information content (AvgIpc) is 2.24. The van der Waals surface area contributed by atoms with Crippen LogP contribution in [0.25, 0.3) is 0 Å². The Bertz CT molecular complexity index is 407. The monoisotopic (exact) mass is 248 g/mol. The van der Waals surface area contributed by atoms with Crippen molar-refractivity contribution in [1.29, 1.82) is 0 Å². The quantitative estimate of drug-likeness (QED) is 0.755. The van der Waals surface area contributed by atoms with Crippen molar-refractivity contribution in [2.24, 2.45) is 5.73 Å². The lowest BCUT2D eigenvalue weighted by Crippen LogP contribution is -2.37. The van der Waals surface area contributed by atoms with Gasteiger partial charge in [0.25, 0.3) is 0 Å². The predicted octanol–water partition coefficient (Wildman–Crippen LogP) is 1.53.